The summed E-state index contributed by atoms with van der Waals surface area (Å²) in [7, 11) is 0. The maximum Gasteiger partial charge on any atom is 0.416 e. The average Bonchev–Trinajstić information content (AvgIpc) is 2.50. The zero-order chi connectivity index (χ0) is 18.1. The molecule has 0 saturated heterocycles. The molecule has 1 aromatic carbocycles. The number of carbonyl (C=O) groups excluding carboxylic acids is 1. The van der Waals surface area contributed by atoms with Crippen LogP contribution in [0.25, 0.3) is 0 Å². The molecule has 134 valence electrons. The highest BCUT2D eigenvalue weighted by Gasteiger charge is 2.44. The van der Waals surface area contributed by atoms with Crippen LogP contribution in [0.1, 0.15) is 57.6 Å². The van der Waals surface area contributed by atoms with Crippen molar-refractivity contribution in [2.75, 3.05) is 11.4 Å². The molecule has 24 heavy (non-hydrogen) atoms. The first-order chi connectivity index (χ1) is 11.1. The highest BCUT2D eigenvalue weighted by Crippen LogP contribution is 2.44. The second kappa shape index (κ2) is 6.65. The monoisotopic (exact) mass is 343 g/mol. The molecule has 1 aliphatic rings. The van der Waals surface area contributed by atoms with Gasteiger partial charge < -0.3 is 9.64 Å². The van der Waals surface area contributed by atoms with Crippen molar-refractivity contribution in [1.82, 2.24) is 0 Å². The van der Waals surface area contributed by atoms with Crippen molar-refractivity contribution < 1.29 is 22.7 Å². The van der Waals surface area contributed by atoms with Crippen LogP contribution in [0.2, 0.25) is 0 Å². The van der Waals surface area contributed by atoms with Crippen LogP contribution in [0.5, 0.6) is 5.75 Å². The molecule has 1 amide bonds. The van der Waals surface area contributed by atoms with Gasteiger partial charge in [0.1, 0.15) is 5.75 Å². The predicted octanol–water partition coefficient (Wildman–Crippen LogP) is 5.10. The number of aryl methyl sites for hydroxylation is 1. The van der Waals surface area contributed by atoms with Gasteiger partial charge >= 0.3 is 6.18 Å². The van der Waals surface area contributed by atoms with Crippen LogP contribution in [0.3, 0.4) is 0 Å². The molecule has 3 nitrogen and oxygen atoms in total. The quantitative estimate of drug-likeness (QED) is 0.696. The van der Waals surface area contributed by atoms with Crippen molar-refractivity contribution in [3.63, 3.8) is 0 Å². The Kier molecular flexibility index (Phi) is 5.16. The Bertz CT molecular complexity index is 627. The molecule has 0 N–H and O–H groups in total. The molecule has 0 aromatic heterocycles. The molecule has 1 heterocycles. The maximum atomic E-state index is 13.2. The summed E-state index contributed by atoms with van der Waals surface area (Å²) >= 11 is 0. The lowest BCUT2D eigenvalue weighted by Gasteiger charge is -2.41. The summed E-state index contributed by atoms with van der Waals surface area (Å²) in [4.78, 5) is 14.4. The lowest BCUT2D eigenvalue weighted by molar-refractivity contribution is -0.138. The molecule has 0 radical (unpaired) electrons. The number of alkyl halides is 3. The van der Waals surface area contributed by atoms with Crippen molar-refractivity contribution in [3.05, 3.63) is 23.3 Å². The minimum absolute atomic E-state index is 0.0956. The summed E-state index contributed by atoms with van der Waals surface area (Å²) in [6.45, 7) is 7.39. The van der Waals surface area contributed by atoms with Crippen LogP contribution in [-0.4, -0.2) is 18.1 Å². The second-order valence-electron chi connectivity index (χ2n) is 6.48. The number of ether oxygens (including phenoxy) is 1. The number of fused-ring (bicyclic) bond motifs is 1. The Labute approximate surface area is 140 Å². The van der Waals surface area contributed by atoms with E-state index in [-0.39, 0.29) is 17.2 Å². The van der Waals surface area contributed by atoms with Crippen molar-refractivity contribution in [2.45, 2.75) is 65.2 Å². The highest BCUT2D eigenvalue weighted by atomic mass is 19.4. The summed E-state index contributed by atoms with van der Waals surface area (Å²) in [5.41, 5.74) is -1.31. The molecular weight excluding hydrogens is 319 g/mol. The van der Waals surface area contributed by atoms with E-state index in [0.717, 1.165) is 25.3 Å². The molecule has 0 bridgehead atoms. The fourth-order valence-electron chi connectivity index (χ4n) is 2.92. The van der Waals surface area contributed by atoms with Gasteiger partial charge in [-0.05, 0) is 44.4 Å². The van der Waals surface area contributed by atoms with Gasteiger partial charge in [-0.2, -0.15) is 13.2 Å². The fraction of sp³-hybridized carbons (Fsp3) is 0.611. The van der Waals surface area contributed by atoms with Gasteiger partial charge in [0, 0.05) is 6.54 Å². The number of anilines is 1. The van der Waals surface area contributed by atoms with Crippen LogP contribution in [0.4, 0.5) is 18.9 Å². The Morgan fingerprint density at radius 1 is 1.21 bits per heavy atom. The van der Waals surface area contributed by atoms with Crippen LogP contribution in [0, 0.1) is 6.92 Å². The number of halogens is 3. The molecular formula is C18H24F3NO2. The minimum Gasteiger partial charge on any atom is -0.476 e. The third-order valence-corrected chi connectivity index (χ3v) is 4.59. The van der Waals surface area contributed by atoms with Crippen molar-refractivity contribution >= 4 is 11.6 Å². The van der Waals surface area contributed by atoms with E-state index >= 15 is 0 Å². The van der Waals surface area contributed by atoms with Gasteiger partial charge in [-0.1, -0.05) is 26.7 Å². The first-order valence-corrected chi connectivity index (χ1v) is 8.37. The third kappa shape index (κ3) is 3.37. The first kappa shape index (κ1) is 18.6. The van der Waals surface area contributed by atoms with E-state index in [1.807, 2.05) is 0 Å². The summed E-state index contributed by atoms with van der Waals surface area (Å²) in [5, 5.41) is 0. The van der Waals surface area contributed by atoms with Gasteiger partial charge in [0.25, 0.3) is 5.91 Å². The Hall–Kier alpha value is -1.72. The lowest BCUT2D eigenvalue weighted by Crippen LogP contribution is -2.54. The third-order valence-electron chi connectivity index (χ3n) is 4.59. The SMILES string of the molecule is CCCCCN1C(=O)C(C)(CC)Oc2cc(C(F)(F)F)c(C)cc21. The zero-order valence-electron chi connectivity index (χ0n) is 14.6. The van der Waals surface area contributed by atoms with E-state index in [2.05, 4.69) is 6.92 Å². The largest absolute Gasteiger partial charge is 0.476 e. The van der Waals surface area contributed by atoms with Crippen molar-refractivity contribution in [2.24, 2.45) is 0 Å². The topological polar surface area (TPSA) is 29.5 Å². The second-order valence-corrected chi connectivity index (χ2v) is 6.48. The number of unbranched alkanes of at least 4 members (excludes halogenated alkanes) is 2. The summed E-state index contributed by atoms with van der Waals surface area (Å²) < 4.78 is 45.3. The van der Waals surface area contributed by atoms with Gasteiger partial charge in [0.2, 0.25) is 0 Å². The number of nitrogens with zero attached hydrogens (tertiary/aromatic N) is 1. The molecule has 0 aliphatic carbocycles. The average molecular weight is 343 g/mol. The maximum absolute atomic E-state index is 13.2. The van der Waals surface area contributed by atoms with E-state index in [1.54, 1.807) is 18.7 Å². The van der Waals surface area contributed by atoms with Crippen LogP contribution >= 0.6 is 0 Å². The summed E-state index contributed by atoms with van der Waals surface area (Å²) in [6, 6.07) is 2.44. The standard InChI is InChI=1S/C18H24F3NO2/c1-5-7-8-9-22-14-10-12(3)13(18(19,20)21)11-15(14)24-17(4,6-2)16(22)23/h10-11H,5-9H2,1-4H3. The fourth-order valence-corrected chi connectivity index (χ4v) is 2.92. The molecule has 0 saturated carbocycles. The van der Waals surface area contributed by atoms with Crippen molar-refractivity contribution in [1.29, 1.82) is 0 Å². The molecule has 1 unspecified atom stereocenters. The van der Waals surface area contributed by atoms with Gasteiger partial charge in [0.05, 0.1) is 11.3 Å². The molecule has 6 heteroatoms. The lowest BCUT2D eigenvalue weighted by atomic mass is 9.96. The van der Waals surface area contributed by atoms with E-state index in [9.17, 15) is 18.0 Å². The minimum atomic E-state index is -4.44. The highest BCUT2D eigenvalue weighted by molar-refractivity contribution is 6.02. The predicted molar refractivity (Wildman–Crippen MR) is 87.4 cm³/mol. The van der Waals surface area contributed by atoms with Crippen LogP contribution in [-0.2, 0) is 11.0 Å². The summed E-state index contributed by atoms with van der Waals surface area (Å²) in [6.07, 6.45) is -1.28. The number of carbonyl (C=O) groups is 1. The molecule has 1 atom stereocenters. The molecule has 0 fully saturated rings. The number of amides is 1. The van der Waals surface area contributed by atoms with Crippen LogP contribution in [0.15, 0.2) is 12.1 Å². The van der Waals surface area contributed by atoms with E-state index in [1.165, 1.54) is 13.0 Å². The molecule has 0 spiro atoms. The summed E-state index contributed by atoms with van der Waals surface area (Å²) in [5.74, 6) is -0.0545. The van der Waals surface area contributed by atoms with Gasteiger partial charge in [-0.3, -0.25) is 4.79 Å². The Balaban J connectivity index is 2.51. The van der Waals surface area contributed by atoms with Gasteiger partial charge in [-0.15, -0.1) is 0 Å². The van der Waals surface area contributed by atoms with E-state index < -0.39 is 17.3 Å². The van der Waals surface area contributed by atoms with Gasteiger partial charge in [0.15, 0.2) is 5.60 Å². The Morgan fingerprint density at radius 2 is 1.88 bits per heavy atom. The Morgan fingerprint density at radius 3 is 2.42 bits per heavy atom. The number of hydrogen-bond acceptors (Lipinski definition) is 2. The first-order valence-electron chi connectivity index (χ1n) is 8.37. The normalized spacial score (nSPS) is 20.8. The zero-order valence-corrected chi connectivity index (χ0v) is 14.6. The molecule has 1 aliphatic heterocycles. The van der Waals surface area contributed by atoms with E-state index in [4.69, 9.17) is 4.74 Å². The number of rotatable bonds is 5. The molecule has 2 rings (SSSR count). The van der Waals surface area contributed by atoms with Crippen LogP contribution < -0.4 is 9.64 Å². The number of hydrogen-bond donors (Lipinski definition) is 0. The number of benzene rings is 1. The van der Waals surface area contributed by atoms with Gasteiger partial charge in [-0.25, -0.2) is 0 Å². The molecule has 1 aromatic rings. The van der Waals surface area contributed by atoms with E-state index in [0.29, 0.717) is 18.7 Å². The van der Waals surface area contributed by atoms with Crippen molar-refractivity contribution in [3.8, 4) is 5.75 Å². The smallest absolute Gasteiger partial charge is 0.416 e.